The molecule has 0 saturated heterocycles. The smallest absolute Gasteiger partial charge is 0.345 e. The first-order chi connectivity index (χ1) is 8.22. The van der Waals surface area contributed by atoms with Crippen LogP contribution in [0.1, 0.15) is 5.56 Å². The molecule has 0 radical (unpaired) electrons. The number of aliphatic imine (C=N–C) groups is 1. The van der Waals surface area contributed by atoms with E-state index in [1.807, 2.05) is 12.1 Å². The Morgan fingerprint density at radius 3 is 2.59 bits per heavy atom. The van der Waals surface area contributed by atoms with Crippen LogP contribution in [0.15, 0.2) is 28.9 Å². The monoisotopic (exact) mass is 232 g/mol. The van der Waals surface area contributed by atoms with Gasteiger partial charge in [0, 0.05) is 0 Å². The van der Waals surface area contributed by atoms with E-state index in [9.17, 15) is 4.79 Å². The Balaban J connectivity index is 2.28. The molecule has 17 heavy (non-hydrogen) atoms. The zero-order chi connectivity index (χ0) is 12.3. The number of nitrogens with zero attached hydrogens (tertiary/aromatic N) is 1. The van der Waals surface area contributed by atoms with E-state index in [0.717, 1.165) is 5.56 Å². The minimum atomic E-state index is -0.350. The molecular formula is C12H12N2O3. The molecule has 1 N–H and O–H groups in total. The summed E-state index contributed by atoms with van der Waals surface area (Å²) >= 11 is 0. The van der Waals surface area contributed by atoms with Crippen LogP contribution in [0.5, 0.6) is 11.5 Å². The van der Waals surface area contributed by atoms with Gasteiger partial charge in [-0.2, -0.15) is 4.99 Å². The van der Waals surface area contributed by atoms with Gasteiger partial charge in [-0.05, 0) is 23.8 Å². The van der Waals surface area contributed by atoms with Crippen molar-refractivity contribution < 1.29 is 14.3 Å². The number of ether oxygens (including phenoxy) is 2. The molecule has 0 saturated carbocycles. The first kappa shape index (κ1) is 11.2. The zero-order valence-corrected chi connectivity index (χ0v) is 9.56. The summed E-state index contributed by atoms with van der Waals surface area (Å²) in [5.41, 5.74) is 1.55. The summed E-state index contributed by atoms with van der Waals surface area (Å²) in [5, 5.41) is 2.60. The van der Waals surface area contributed by atoms with Crippen molar-refractivity contribution in [2.24, 2.45) is 4.99 Å². The molecule has 0 spiro atoms. The van der Waals surface area contributed by atoms with Gasteiger partial charge in [0.2, 0.25) is 0 Å². The van der Waals surface area contributed by atoms with Crippen molar-refractivity contribution >= 4 is 18.3 Å². The fraction of sp³-hybridized carbons (Fsp3) is 0.167. The maximum Gasteiger partial charge on any atom is 0.345 e. The second kappa shape index (κ2) is 4.69. The number of hydrogen-bond donors (Lipinski definition) is 1. The molecule has 2 rings (SSSR count). The summed E-state index contributed by atoms with van der Waals surface area (Å²) in [4.78, 5) is 14.5. The predicted molar refractivity (Wildman–Crippen MR) is 64.5 cm³/mol. The van der Waals surface area contributed by atoms with Crippen LogP contribution in [0, 0.1) is 0 Å². The van der Waals surface area contributed by atoms with Gasteiger partial charge >= 0.3 is 6.03 Å². The van der Waals surface area contributed by atoms with Crippen LogP contribution in [0.25, 0.3) is 6.08 Å². The largest absolute Gasteiger partial charge is 0.493 e. The van der Waals surface area contributed by atoms with Crippen LogP contribution in [0.4, 0.5) is 4.79 Å². The van der Waals surface area contributed by atoms with E-state index in [2.05, 4.69) is 10.3 Å². The number of benzene rings is 1. The summed E-state index contributed by atoms with van der Waals surface area (Å²) in [6.45, 7) is 0. The lowest BCUT2D eigenvalue weighted by molar-refractivity contribution is 0.253. The van der Waals surface area contributed by atoms with Gasteiger partial charge in [0.05, 0.1) is 26.1 Å². The lowest BCUT2D eigenvalue weighted by Gasteiger charge is -2.07. The Morgan fingerprint density at radius 2 is 2.00 bits per heavy atom. The van der Waals surface area contributed by atoms with Crippen molar-refractivity contribution in [2.45, 2.75) is 0 Å². The number of rotatable bonds is 3. The predicted octanol–water partition coefficient (Wildman–Crippen LogP) is 1.84. The number of carbonyl (C=O) groups is 1. The van der Waals surface area contributed by atoms with Crippen molar-refractivity contribution in [3.8, 4) is 11.5 Å². The highest BCUT2D eigenvalue weighted by atomic mass is 16.5. The highest BCUT2D eigenvalue weighted by Crippen LogP contribution is 2.28. The highest BCUT2D eigenvalue weighted by molar-refractivity contribution is 6.02. The molecule has 5 heteroatoms. The van der Waals surface area contributed by atoms with E-state index >= 15 is 0 Å². The number of urea groups is 1. The molecule has 1 aliphatic heterocycles. The van der Waals surface area contributed by atoms with Crippen molar-refractivity contribution in [1.82, 2.24) is 5.32 Å². The Bertz CT molecular complexity index is 506. The van der Waals surface area contributed by atoms with E-state index in [-0.39, 0.29) is 6.03 Å². The van der Waals surface area contributed by atoms with Gasteiger partial charge in [-0.25, -0.2) is 4.79 Å². The van der Waals surface area contributed by atoms with Gasteiger partial charge in [-0.3, -0.25) is 0 Å². The number of nitrogens with one attached hydrogen (secondary N) is 1. The van der Waals surface area contributed by atoms with Crippen LogP contribution in [-0.4, -0.2) is 26.5 Å². The summed E-state index contributed by atoms with van der Waals surface area (Å²) in [7, 11) is 3.16. The zero-order valence-electron chi connectivity index (χ0n) is 9.56. The molecule has 0 unspecified atom stereocenters. The molecule has 1 heterocycles. The molecule has 88 valence electrons. The number of allylic oxidation sites excluding steroid dienone is 1. The van der Waals surface area contributed by atoms with Crippen LogP contribution in [0.2, 0.25) is 0 Å². The molecule has 1 aromatic rings. The number of hydrogen-bond acceptors (Lipinski definition) is 3. The van der Waals surface area contributed by atoms with Gasteiger partial charge in [0.1, 0.15) is 0 Å². The van der Waals surface area contributed by atoms with Crippen LogP contribution < -0.4 is 14.8 Å². The fourth-order valence-corrected chi connectivity index (χ4v) is 1.51. The Hall–Kier alpha value is -2.30. The summed E-state index contributed by atoms with van der Waals surface area (Å²) in [5.74, 6) is 1.31. The molecule has 0 aliphatic carbocycles. The fourth-order valence-electron chi connectivity index (χ4n) is 1.51. The third-order valence-electron chi connectivity index (χ3n) is 2.30. The number of carbonyl (C=O) groups excluding carboxylic acids is 1. The van der Waals surface area contributed by atoms with Gasteiger partial charge in [0.15, 0.2) is 11.5 Å². The van der Waals surface area contributed by atoms with E-state index in [0.29, 0.717) is 17.2 Å². The van der Waals surface area contributed by atoms with Crippen molar-refractivity contribution in [2.75, 3.05) is 14.2 Å². The third kappa shape index (κ3) is 2.44. The van der Waals surface area contributed by atoms with Crippen molar-refractivity contribution in [3.63, 3.8) is 0 Å². The van der Waals surface area contributed by atoms with E-state index in [1.54, 1.807) is 26.4 Å². The maximum absolute atomic E-state index is 10.9. The lowest BCUT2D eigenvalue weighted by atomic mass is 10.1. The molecule has 0 aromatic heterocycles. The first-order valence-electron chi connectivity index (χ1n) is 5.01. The van der Waals surface area contributed by atoms with Gasteiger partial charge in [-0.1, -0.05) is 6.07 Å². The Morgan fingerprint density at radius 1 is 1.24 bits per heavy atom. The minimum Gasteiger partial charge on any atom is -0.493 e. The van der Waals surface area contributed by atoms with E-state index < -0.39 is 0 Å². The number of amides is 2. The molecule has 5 nitrogen and oxygen atoms in total. The van der Waals surface area contributed by atoms with E-state index in [1.165, 1.54) is 6.21 Å². The molecular weight excluding hydrogens is 220 g/mol. The van der Waals surface area contributed by atoms with Gasteiger partial charge < -0.3 is 14.8 Å². The standard InChI is InChI=1S/C12H12N2O3/c1-16-10-4-3-8(6-11(10)17-2)5-9-7-13-12(15)14-9/h3-7H,1-2H3,(H,14,15). The summed E-state index contributed by atoms with van der Waals surface area (Å²) < 4.78 is 10.3. The van der Waals surface area contributed by atoms with Crippen molar-refractivity contribution in [3.05, 3.63) is 29.5 Å². The van der Waals surface area contributed by atoms with Gasteiger partial charge in [-0.15, -0.1) is 0 Å². The molecule has 1 aliphatic rings. The average Bonchev–Trinajstić information content (AvgIpc) is 2.74. The number of methoxy groups -OCH3 is 2. The minimum absolute atomic E-state index is 0.350. The molecule has 0 atom stereocenters. The third-order valence-corrected chi connectivity index (χ3v) is 2.30. The molecule has 0 bridgehead atoms. The summed E-state index contributed by atoms with van der Waals surface area (Å²) in [6.07, 6.45) is 3.29. The molecule has 1 aromatic carbocycles. The SMILES string of the molecule is COc1ccc(C=C2C=NC(=O)N2)cc1OC. The van der Waals surface area contributed by atoms with Crippen LogP contribution in [0.3, 0.4) is 0 Å². The van der Waals surface area contributed by atoms with Crippen LogP contribution in [-0.2, 0) is 0 Å². The maximum atomic E-state index is 10.9. The quantitative estimate of drug-likeness (QED) is 0.865. The first-order valence-corrected chi connectivity index (χ1v) is 5.01. The second-order valence-electron chi connectivity index (χ2n) is 3.40. The van der Waals surface area contributed by atoms with Crippen LogP contribution >= 0.6 is 0 Å². The molecule has 0 fully saturated rings. The normalized spacial score (nSPS) is 16.1. The topological polar surface area (TPSA) is 59.9 Å². The second-order valence-corrected chi connectivity index (χ2v) is 3.40. The average molecular weight is 232 g/mol. The van der Waals surface area contributed by atoms with Crippen molar-refractivity contribution in [1.29, 1.82) is 0 Å². The van der Waals surface area contributed by atoms with E-state index in [4.69, 9.17) is 9.47 Å². The summed E-state index contributed by atoms with van der Waals surface area (Å²) in [6, 6.07) is 5.15. The Labute approximate surface area is 98.8 Å². The lowest BCUT2D eigenvalue weighted by Crippen LogP contribution is -2.11. The Kier molecular flexibility index (Phi) is 3.09. The highest BCUT2D eigenvalue weighted by Gasteiger charge is 2.09. The van der Waals surface area contributed by atoms with Gasteiger partial charge in [0.25, 0.3) is 0 Å². The molecule has 2 amide bonds.